The maximum Gasteiger partial charge on any atom is 0.362 e. The van der Waals surface area contributed by atoms with Gasteiger partial charge < -0.3 is 35.3 Å². The van der Waals surface area contributed by atoms with Crippen LogP contribution >= 0.6 is 11.8 Å². The quantitative estimate of drug-likeness (QED) is 0.307. The summed E-state index contributed by atoms with van der Waals surface area (Å²) >= 11 is 1.20. The first-order valence-corrected chi connectivity index (χ1v) is 8.19. The van der Waals surface area contributed by atoms with Crippen LogP contribution in [0.3, 0.4) is 0 Å². The van der Waals surface area contributed by atoms with Crippen molar-refractivity contribution in [3.05, 3.63) is 11.9 Å². The largest absolute Gasteiger partial charge is 0.550 e. The van der Waals surface area contributed by atoms with E-state index in [1.54, 1.807) is 6.20 Å². The molecule has 0 spiro atoms. The summed E-state index contributed by atoms with van der Waals surface area (Å²) in [5.74, 6) is -2.83. The number of hydrogen-bond donors (Lipinski definition) is 4. The number of aliphatic carboxylic acids is 3. The van der Waals surface area contributed by atoms with E-state index in [9.17, 15) is 14.7 Å². The fourth-order valence-electron chi connectivity index (χ4n) is 1.66. The van der Waals surface area contributed by atoms with Gasteiger partial charge in [-0.05, 0) is 6.92 Å². The summed E-state index contributed by atoms with van der Waals surface area (Å²) < 4.78 is 0.292. The van der Waals surface area contributed by atoms with Gasteiger partial charge in [-0.2, -0.15) is 0 Å². The first-order chi connectivity index (χ1) is 11.3. The molecule has 0 bridgehead atoms. The molecular formula is C14H24N4O6S. The SMILES string of the molecule is CC(=O)[O-].C[N+](C)(C)C(Cc1cnc(SC[C@H](N)C(=O)O)[nH]1)C(=O)O. The lowest BCUT2D eigenvalue weighted by atomic mass is 10.1. The molecule has 1 aromatic heterocycles. The lowest BCUT2D eigenvalue weighted by Gasteiger charge is -2.30. The maximum absolute atomic E-state index is 11.3. The summed E-state index contributed by atoms with van der Waals surface area (Å²) in [5, 5.41) is 27.4. The highest BCUT2D eigenvalue weighted by Gasteiger charge is 2.32. The van der Waals surface area contributed by atoms with E-state index >= 15 is 0 Å². The number of carbonyl (C=O) groups excluding carboxylic acids is 1. The molecule has 0 saturated carbocycles. The monoisotopic (exact) mass is 376 g/mol. The van der Waals surface area contributed by atoms with Gasteiger partial charge >= 0.3 is 11.9 Å². The van der Waals surface area contributed by atoms with E-state index in [1.165, 1.54) is 11.8 Å². The second-order valence-corrected chi connectivity index (χ2v) is 7.14. The molecule has 5 N–H and O–H groups in total. The Morgan fingerprint density at radius 2 is 1.84 bits per heavy atom. The van der Waals surface area contributed by atoms with Gasteiger partial charge in [0.05, 0.1) is 27.6 Å². The molecule has 0 radical (unpaired) electrons. The van der Waals surface area contributed by atoms with Crippen LogP contribution in [0.1, 0.15) is 12.6 Å². The number of likely N-dealkylation sites (N-methyl/N-ethyl adjacent to an activating group) is 1. The van der Waals surface area contributed by atoms with Gasteiger partial charge in [-0.3, -0.25) is 4.79 Å². The van der Waals surface area contributed by atoms with Crippen molar-refractivity contribution in [2.75, 3.05) is 26.9 Å². The van der Waals surface area contributed by atoms with Crippen molar-refractivity contribution in [3.63, 3.8) is 0 Å². The van der Waals surface area contributed by atoms with E-state index in [0.717, 1.165) is 6.92 Å². The number of carbonyl (C=O) groups is 3. The Bertz CT molecular complexity index is 594. The fourth-order valence-corrected chi connectivity index (χ4v) is 2.47. The van der Waals surface area contributed by atoms with Gasteiger partial charge in [0.2, 0.25) is 0 Å². The van der Waals surface area contributed by atoms with Crippen LogP contribution in [0.25, 0.3) is 0 Å². The first kappa shape index (κ1) is 22.9. The molecule has 0 amide bonds. The molecule has 0 fully saturated rings. The second-order valence-electron chi connectivity index (χ2n) is 6.14. The zero-order chi connectivity index (χ0) is 19.8. The molecule has 2 atom stereocenters. The average molecular weight is 376 g/mol. The lowest BCUT2D eigenvalue weighted by molar-refractivity contribution is -0.887. The number of carboxylic acid groups (broad SMARTS) is 3. The number of hydrogen-bond acceptors (Lipinski definition) is 7. The minimum atomic E-state index is -1.08. The van der Waals surface area contributed by atoms with Crippen LogP contribution in [0.2, 0.25) is 0 Å². The topological polar surface area (TPSA) is 169 Å². The molecule has 1 aromatic rings. The van der Waals surface area contributed by atoms with Crippen molar-refractivity contribution in [2.24, 2.45) is 5.73 Å². The number of nitrogens with one attached hydrogen (secondary N) is 1. The number of thioether (sulfide) groups is 1. The molecule has 0 aliphatic carbocycles. The summed E-state index contributed by atoms with van der Waals surface area (Å²) in [6.07, 6.45) is 1.89. The van der Waals surface area contributed by atoms with Crippen LogP contribution in [0, 0.1) is 0 Å². The number of rotatable bonds is 8. The number of nitrogens with zero attached hydrogens (tertiary/aromatic N) is 2. The minimum absolute atomic E-state index is 0.194. The van der Waals surface area contributed by atoms with Crippen LogP contribution in [-0.4, -0.2) is 81.6 Å². The van der Waals surface area contributed by atoms with Crippen LogP contribution in [0.5, 0.6) is 0 Å². The Kier molecular flexibility index (Phi) is 9.17. The lowest BCUT2D eigenvalue weighted by Crippen LogP contribution is -2.51. The Labute approximate surface area is 149 Å². The zero-order valence-electron chi connectivity index (χ0n) is 14.6. The Morgan fingerprint density at radius 3 is 2.24 bits per heavy atom. The van der Waals surface area contributed by atoms with Crippen LogP contribution in [0.4, 0.5) is 0 Å². The normalized spacial score (nSPS) is 13.3. The summed E-state index contributed by atoms with van der Waals surface area (Å²) in [6.45, 7) is 0.972. The molecule has 0 aliphatic rings. The van der Waals surface area contributed by atoms with E-state index in [1.807, 2.05) is 21.1 Å². The maximum atomic E-state index is 11.3. The number of imidazole rings is 1. The van der Waals surface area contributed by atoms with Crippen LogP contribution < -0.4 is 10.8 Å². The smallest absolute Gasteiger partial charge is 0.362 e. The molecule has 11 heteroatoms. The summed E-state index contributed by atoms with van der Waals surface area (Å²) in [4.78, 5) is 37.9. The zero-order valence-corrected chi connectivity index (χ0v) is 15.4. The fraction of sp³-hybridized carbons (Fsp3) is 0.571. The summed E-state index contributed by atoms with van der Waals surface area (Å²) in [6, 6.07) is -1.55. The van der Waals surface area contributed by atoms with Gasteiger partial charge in [0.1, 0.15) is 6.04 Å². The van der Waals surface area contributed by atoms with E-state index in [4.69, 9.17) is 20.7 Å². The molecular weight excluding hydrogens is 352 g/mol. The number of aromatic nitrogens is 2. The van der Waals surface area contributed by atoms with Crippen molar-refractivity contribution in [1.29, 1.82) is 0 Å². The third-order valence-electron chi connectivity index (χ3n) is 2.96. The predicted molar refractivity (Wildman–Crippen MR) is 88.8 cm³/mol. The molecule has 0 aromatic carbocycles. The van der Waals surface area contributed by atoms with E-state index in [0.29, 0.717) is 21.8 Å². The molecule has 142 valence electrons. The number of nitrogens with two attached hydrogens (primary N) is 1. The van der Waals surface area contributed by atoms with Gasteiger partial charge in [0.25, 0.3) is 0 Å². The van der Waals surface area contributed by atoms with E-state index in [2.05, 4.69) is 9.97 Å². The van der Waals surface area contributed by atoms with Crippen LogP contribution in [-0.2, 0) is 20.8 Å². The molecule has 10 nitrogen and oxygen atoms in total. The van der Waals surface area contributed by atoms with Gasteiger partial charge in [0.15, 0.2) is 11.2 Å². The Balaban J connectivity index is 0.00000129. The van der Waals surface area contributed by atoms with Gasteiger partial charge in [-0.25, -0.2) is 9.78 Å². The number of aromatic amines is 1. The Hall–Kier alpha value is -2.11. The number of H-pyrrole nitrogens is 1. The molecule has 0 aliphatic heterocycles. The van der Waals surface area contributed by atoms with Crippen LogP contribution in [0.15, 0.2) is 11.4 Å². The van der Waals surface area contributed by atoms with Gasteiger partial charge in [-0.15, -0.1) is 0 Å². The third kappa shape index (κ3) is 9.69. The first-order valence-electron chi connectivity index (χ1n) is 7.21. The molecule has 1 rings (SSSR count). The minimum Gasteiger partial charge on any atom is -0.550 e. The van der Waals surface area contributed by atoms with Crippen molar-refractivity contribution < 1.29 is 34.2 Å². The third-order valence-corrected chi connectivity index (χ3v) is 3.96. The molecule has 1 unspecified atom stereocenters. The van der Waals surface area contributed by atoms with Crippen molar-refractivity contribution in [2.45, 2.75) is 30.6 Å². The van der Waals surface area contributed by atoms with Gasteiger partial charge in [-0.1, -0.05) is 11.8 Å². The summed E-state index contributed by atoms with van der Waals surface area (Å²) in [5.41, 5.74) is 6.10. The standard InChI is InChI=1S/C12H20N4O4S.C2H4O2/c1-16(2,3)9(11(19)20)4-7-5-14-12(15-7)21-6-8(13)10(17)18;1-2(3)4/h5,8-9H,4,6,13H2,1-3H3,(H2-,14,15,17,18,19,20);1H3,(H,3,4)/t8-,9?;/m0./s1. The van der Waals surface area contributed by atoms with Crippen molar-refractivity contribution >= 4 is 29.7 Å². The highest BCUT2D eigenvalue weighted by molar-refractivity contribution is 7.99. The Morgan fingerprint density at radius 1 is 1.32 bits per heavy atom. The summed E-state index contributed by atoms with van der Waals surface area (Å²) in [7, 11) is 5.45. The average Bonchev–Trinajstić information content (AvgIpc) is 2.87. The predicted octanol–water partition coefficient (Wildman–Crippen LogP) is -1.63. The molecule has 25 heavy (non-hydrogen) atoms. The van der Waals surface area contributed by atoms with Crippen molar-refractivity contribution in [3.8, 4) is 0 Å². The van der Waals surface area contributed by atoms with E-state index < -0.39 is 30.0 Å². The molecule has 0 saturated heterocycles. The van der Waals surface area contributed by atoms with E-state index in [-0.39, 0.29) is 5.75 Å². The van der Waals surface area contributed by atoms with Gasteiger partial charge in [0, 0.05) is 23.6 Å². The highest BCUT2D eigenvalue weighted by Crippen LogP contribution is 2.17. The van der Waals surface area contributed by atoms with Crippen molar-refractivity contribution in [1.82, 2.24) is 9.97 Å². The number of carboxylic acids is 3. The number of quaternary nitrogens is 1. The molecule has 1 heterocycles. The second kappa shape index (κ2) is 10.0. The highest BCUT2D eigenvalue weighted by atomic mass is 32.2.